The fourth-order valence-electron chi connectivity index (χ4n) is 0.500. The lowest BCUT2D eigenvalue weighted by Gasteiger charge is -1.86. The van der Waals surface area contributed by atoms with Crippen molar-refractivity contribution in [2.75, 3.05) is 12.4 Å². The van der Waals surface area contributed by atoms with Gasteiger partial charge in [-0.05, 0) is 0 Å². The second-order valence-corrected chi connectivity index (χ2v) is 2.62. The van der Waals surface area contributed by atoms with Crippen LogP contribution in [0.3, 0.4) is 0 Å². The highest BCUT2D eigenvalue weighted by Crippen LogP contribution is 1.95. The maximum absolute atomic E-state index is 7.00. The van der Waals surface area contributed by atoms with Crippen LogP contribution >= 0.6 is 23.2 Å². The first-order valence-corrected chi connectivity index (χ1v) is 4.96. The predicted molar refractivity (Wildman–Crippen MR) is 59.6 cm³/mol. The average molecular weight is 220 g/mol. The fraction of sp³-hybridized carbons (Fsp3) is 1.00. The second-order valence-electron chi connectivity index (χ2n) is 1.81. The van der Waals surface area contributed by atoms with Crippen LogP contribution in [0.25, 0.3) is 0 Å². The summed E-state index contributed by atoms with van der Waals surface area (Å²) in [6.07, 6.45) is 5.54. The normalized spacial score (nSPS) is 6.50. The van der Waals surface area contributed by atoms with Gasteiger partial charge in [0.05, 0.1) is 5.34 Å². The molecule has 0 aromatic carbocycles. The van der Waals surface area contributed by atoms with E-state index in [9.17, 15) is 0 Å². The molecule has 4 N–H and O–H groups in total. The number of hydrogen-bond donors (Lipinski definition) is 2. The molecule has 4 heteroatoms. The van der Waals surface area contributed by atoms with E-state index in [2.05, 4.69) is 13.8 Å². The molecule has 0 rings (SSSR count). The Morgan fingerprint density at radius 1 is 0.917 bits per heavy atom. The summed E-state index contributed by atoms with van der Waals surface area (Å²) in [6.45, 7) is 4.46. The van der Waals surface area contributed by atoms with Gasteiger partial charge in [0.25, 0.3) is 0 Å². The first-order valence-electron chi connectivity index (χ1n) is 3.90. The van der Waals surface area contributed by atoms with Crippen molar-refractivity contribution in [3.05, 3.63) is 0 Å². The van der Waals surface area contributed by atoms with Crippen LogP contribution in [0.5, 0.6) is 0 Å². The number of hydrogen-bond acceptors (Lipinski definition) is 2. The quantitative estimate of drug-likeness (QED) is 0.561. The monoisotopic (exact) mass is 219 g/mol. The number of rotatable bonds is 3. The molecule has 0 aromatic rings. The van der Waals surface area contributed by atoms with Crippen molar-refractivity contribution in [1.29, 1.82) is 0 Å². The number of aliphatic hydroxyl groups is 1. The van der Waals surface area contributed by atoms with Gasteiger partial charge in [0.2, 0.25) is 0 Å². The predicted octanol–water partition coefficient (Wildman–Crippen LogP) is 3.78. The molecule has 0 heterocycles. The lowest BCUT2D eigenvalue weighted by molar-refractivity contribution is 0.399. The molecule has 0 aliphatic heterocycles. The van der Waals surface area contributed by atoms with Gasteiger partial charge in [-0.2, -0.15) is 0 Å². The van der Waals surface area contributed by atoms with Crippen LogP contribution in [-0.4, -0.2) is 17.6 Å². The van der Waals surface area contributed by atoms with Gasteiger partial charge in [-0.1, -0.05) is 39.5 Å². The number of aliphatic hydroxyl groups excluding tert-OH is 1. The topological polar surface area (TPSA) is 55.2 Å². The van der Waals surface area contributed by atoms with Gasteiger partial charge >= 0.3 is 0 Å². The molecule has 0 saturated heterocycles. The minimum absolute atomic E-state index is 0. The number of alkyl halides is 2. The van der Waals surface area contributed by atoms with Gasteiger partial charge < -0.3 is 11.3 Å². The summed E-state index contributed by atoms with van der Waals surface area (Å²) in [5.74, 6) is 0. The van der Waals surface area contributed by atoms with E-state index in [-0.39, 0.29) is 11.5 Å². The van der Waals surface area contributed by atoms with Crippen molar-refractivity contribution in [1.82, 2.24) is 6.15 Å². The molecule has 0 amide bonds. The molecule has 0 aliphatic rings. The largest absolute Gasteiger partial charge is 0.400 e. The molecule has 0 aromatic heterocycles. The van der Waals surface area contributed by atoms with Crippen LogP contribution in [0.2, 0.25) is 0 Å². The minimum atomic E-state index is 0. The molecule has 2 nitrogen and oxygen atoms in total. The zero-order valence-electron chi connectivity index (χ0n) is 8.45. The molecule has 0 aliphatic carbocycles. The summed E-state index contributed by atoms with van der Waals surface area (Å²) in [6, 6.07) is 0. The summed E-state index contributed by atoms with van der Waals surface area (Å²) < 4.78 is 0. The molecule has 0 fully saturated rings. The SMILES string of the molecule is CCCCCC.CO.ClCCl.N. The number of halogens is 2. The Labute approximate surface area is 86.8 Å². The standard InChI is InChI=1S/C6H14.CH2Cl2.CH4O.H3N/c1-3-5-6-4-2;2-1-3;1-2;/h3-6H2,1-2H3;1H2;2H,1H3;1H3. The van der Waals surface area contributed by atoms with Gasteiger partial charge in [0.15, 0.2) is 0 Å². The molecular weight excluding hydrogens is 197 g/mol. The Morgan fingerprint density at radius 3 is 1.17 bits per heavy atom. The molecule has 0 bridgehead atoms. The van der Waals surface area contributed by atoms with E-state index in [1.165, 1.54) is 25.7 Å². The highest BCUT2D eigenvalue weighted by molar-refractivity contribution is 6.40. The molecule has 12 heavy (non-hydrogen) atoms. The summed E-state index contributed by atoms with van der Waals surface area (Å²) in [5, 5.41) is 7.19. The van der Waals surface area contributed by atoms with Crippen molar-refractivity contribution in [3.63, 3.8) is 0 Å². The molecule has 0 spiro atoms. The van der Waals surface area contributed by atoms with Crippen molar-refractivity contribution >= 4 is 23.2 Å². The Morgan fingerprint density at radius 2 is 1.08 bits per heavy atom. The Hall–Kier alpha value is 0.500. The molecular formula is C8H23Cl2NO. The highest BCUT2D eigenvalue weighted by Gasteiger charge is 1.75. The molecule has 0 saturated carbocycles. The van der Waals surface area contributed by atoms with E-state index >= 15 is 0 Å². The lowest BCUT2D eigenvalue weighted by atomic mass is 10.2. The minimum Gasteiger partial charge on any atom is -0.400 e. The lowest BCUT2D eigenvalue weighted by Crippen LogP contribution is -1.66. The highest BCUT2D eigenvalue weighted by atomic mass is 35.5. The van der Waals surface area contributed by atoms with Crippen molar-refractivity contribution in [2.45, 2.75) is 39.5 Å². The summed E-state index contributed by atoms with van der Waals surface area (Å²) in [7, 11) is 1.00. The Bertz CT molecular complexity index is 36.2. The Kier molecular flexibility index (Phi) is 79.9. The van der Waals surface area contributed by atoms with Gasteiger partial charge in [-0.25, -0.2) is 0 Å². The maximum atomic E-state index is 7.00. The van der Waals surface area contributed by atoms with Crippen molar-refractivity contribution in [2.24, 2.45) is 0 Å². The molecule has 0 atom stereocenters. The fourth-order valence-corrected chi connectivity index (χ4v) is 0.500. The van der Waals surface area contributed by atoms with Gasteiger partial charge in [0, 0.05) is 7.11 Å². The van der Waals surface area contributed by atoms with Crippen LogP contribution in [0, 0.1) is 0 Å². The smallest absolute Gasteiger partial charge is 0.0967 e. The van der Waals surface area contributed by atoms with E-state index in [1.54, 1.807) is 0 Å². The Balaban J connectivity index is -0.0000000462. The van der Waals surface area contributed by atoms with Crippen LogP contribution in [0.1, 0.15) is 39.5 Å². The van der Waals surface area contributed by atoms with E-state index in [0.29, 0.717) is 0 Å². The average Bonchev–Trinajstić information content (AvgIpc) is 2.06. The third-order valence-electron chi connectivity index (χ3n) is 0.957. The molecule has 0 radical (unpaired) electrons. The van der Waals surface area contributed by atoms with Crippen molar-refractivity contribution < 1.29 is 5.11 Å². The number of unbranched alkanes of at least 4 members (excludes halogenated alkanes) is 3. The van der Waals surface area contributed by atoms with Crippen LogP contribution in [0.15, 0.2) is 0 Å². The zero-order valence-corrected chi connectivity index (χ0v) is 9.96. The van der Waals surface area contributed by atoms with Gasteiger partial charge in [-0.3, -0.25) is 0 Å². The molecule has 0 unspecified atom stereocenters. The third kappa shape index (κ3) is 77.4. The van der Waals surface area contributed by atoms with E-state index in [0.717, 1.165) is 7.11 Å². The van der Waals surface area contributed by atoms with E-state index in [4.69, 9.17) is 28.3 Å². The van der Waals surface area contributed by atoms with Crippen molar-refractivity contribution in [3.8, 4) is 0 Å². The summed E-state index contributed by atoms with van der Waals surface area (Å²) in [5.41, 5.74) is 0. The first kappa shape index (κ1) is 22.9. The maximum Gasteiger partial charge on any atom is 0.0967 e. The summed E-state index contributed by atoms with van der Waals surface area (Å²) in [4.78, 5) is 0. The van der Waals surface area contributed by atoms with Crippen LogP contribution in [-0.2, 0) is 0 Å². The molecule has 80 valence electrons. The van der Waals surface area contributed by atoms with Gasteiger partial charge in [0.1, 0.15) is 0 Å². The third-order valence-corrected chi connectivity index (χ3v) is 0.957. The zero-order chi connectivity index (χ0) is 9.54. The van der Waals surface area contributed by atoms with Crippen LogP contribution in [0.4, 0.5) is 0 Å². The summed E-state index contributed by atoms with van der Waals surface area (Å²) >= 11 is 9.53. The second kappa shape index (κ2) is 41.9. The van der Waals surface area contributed by atoms with E-state index < -0.39 is 0 Å². The van der Waals surface area contributed by atoms with Crippen LogP contribution < -0.4 is 6.15 Å². The van der Waals surface area contributed by atoms with E-state index in [1.807, 2.05) is 0 Å². The first-order chi connectivity index (χ1) is 5.33. The van der Waals surface area contributed by atoms with Gasteiger partial charge in [-0.15, -0.1) is 23.2 Å².